The van der Waals surface area contributed by atoms with Gasteiger partial charge in [-0.25, -0.2) is 0 Å². The van der Waals surface area contributed by atoms with Crippen molar-refractivity contribution in [2.24, 2.45) is 0 Å². The summed E-state index contributed by atoms with van der Waals surface area (Å²) in [7, 11) is 0. The second kappa shape index (κ2) is 6.67. The number of alkyl halides is 3. The maximum absolute atomic E-state index is 13.4. The minimum atomic E-state index is -4.56. The topological polar surface area (TPSA) is 71.2 Å². The molecule has 3 rings (SSSR count). The number of rotatable bonds is 4. The molecule has 0 radical (unpaired) electrons. The van der Waals surface area contributed by atoms with Crippen molar-refractivity contribution < 1.29 is 22.7 Å². The van der Waals surface area contributed by atoms with Gasteiger partial charge >= 0.3 is 6.18 Å². The Morgan fingerprint density at radius 1 is 1.32 bits per heavy atom. The van der Waals surface area contributed by atoms with E-state index >= 15 is 0 Å². The van der Waals surface area contributed by atoms with Crippen molar-refractivity contribution in [3.05, 3.63) is 30.0 Å². The maximum Gasteiger partial charge on any atom is 0.420 e. The fourth-order valence-electron chi connectivity index (χ4n) is 3.11. The number of anilines is 1. The molecule has 25 heavy (non-hydrogen) atoms. The molecule has 0 aliphatic heterocycles. The highest BCUT2D eigenvalue weighted by Gasteiger charge is 2.37. The number of hydrogen-bond acceptors (Lipinski definition) is 5. The molecule has 0 amide bonds. The molecule has 2 heterocycles. The molecule has 2 N–H and O–H groups in total. The van der Waals surface area contributed by atoms with Crippen LogP contribution < -0.4 is 5.32 Å². The van der Waals surface area contributed by atoms with Crippen molar-refractivity contribution >= 4 is 5.82 Å². The summed E-state index contributed by atoms with van der Waals surface area (Å²) >= 11 is 0. The summed E-state index contributed by atoms with van der Waals surface area (Å²) in [4.78, 5) is 0. The lowest BCUT2D eigenvalue weighted by atomic mass is 9.80. The minimum Gasteiger partial charge on any atom is -0.463 e. The maximum atomic E-state index is 13.4. The first kappa shape index (κ1) is 17.7. The molecule has 0 atom stereocenters. The van der Waals surface area contributed by atoms with E-state index in [-0.39, 0.29) is 23.3 Å². The molecule has 5 nitrogen and oxygen atoms in total. The summed E-state index contributed by atoms with van der Waals surface area (Å²) in [6.45, 7) is 1.91. The molecule has 1 fully saturated rings. The largest absolute Gasteiger partial charge is 0.463 e. The summed E-state index contributed by atoms with van der Waals surface area (Å²) < 4.78 is 45.4. The quantitative estimate of drug-likeness (QED) is 0.858. The monoisotopic (exact) mass is 355 g/mol. The van der Waals surface area contributed by atoms with Gasteiger partial charge in [0.1, 0.15) is 11.3 Å². The lowest BCUT2D eigenvalue weighted by molar-refractivity contribution is -0.137. The molecule has 0 unspecified atom stereocenters. The van der Waals surface area contributed by atoms with Gasteiger partial charge in [0.25, 0.3) is 0 Å². The molecule has 2 aromatic rings. The first-order chi connectivity index (χ1) is 11.8. The van der Waals surface area contributed by atoms with Gasteiger partial charge < -0.3 is 14.8 Å². The highest BCUT2D eigenvalue weighted by molar-refractivity contribution is 5.57. The minimum absolute atomic E-state index is 0.0341. The first-order valence-electron chi connectivity index (χ1n) is 8.28. The van der Waals surface area contributed by atoms with Gasteiger partial charge in [-0.05, 0) is 50.3 Å². The number of hydrogen-bond donors (Lipinski definition) is 2. The van der Waals surface area contributed by atoms with E-state index in [1.165, 1.54) is 12.3 Å². The molecule has 0 saturated heterocycles. The van der Waals surface area contributed by atoms with Crippen LogP contribution in [0.25, 0.3) is 11.5 Å². The van der Waals surface area contributed by atoms with E-state index in [0.717, 1.165) is 6.07 Å². The van der Waals surface area contributed by atoms with Crippen LogP contribution in [0.1, 0.15) is 44.6 Å². The van der Waals surface area contributed by atoms with E-state index in [1.54, 1.807) is 6.07 Å². The van der Waals surface area contributed by atoms with Crippen LogP contribution in [0.15, 0.2) is 28.9 Å². The molecule has 2 aromatic heterocycles. The van der Waals surface area contributed by atoms with E-state index in [4.69, 9.17) is 4.42 Å². The molecule has 0 bridgehead atoms. The van der Waals surface area contributed by atoms with Gasteiger partial charge in [0, 0.05) is 6.04 Å². The van der Waals surface area contributed by atoms with Crippen LogP contribution in [-0.4, -0.2) is 26.9 Å². The van der Waals surface area contributed by atoms with Crippen molar-refractivity contribution in [1.82, 2.24) is 10.2 Å². The summed E-state index contributed by atoms with van der Waals surface area (Å²) in [5, 5.41) is 20.7. The van der Waals surface area contributed by atoms with Crippen LogP contribution >= 0.6 is 0 Å². The van der Waals surface area contributed by atoms with Gasteiger partial charge in [-0.15, -0.1) is 10.2 Å². The van der Waals surface area contributed by atoms with E-state index in [1.807, 2.05) is 6.92 Å². The van der Waals surface area contributed by atoms with Crippen LogP contribution in [0, 0.1) is 0 Å². The summed E-state index contributed by atoms with van der Waals surface area (Å²) in [6, 6.07) is 3.88. The lowest BCUT2D eigenvalue weighted by Gasteiger charge is -2.36. The van der Waals surface area contributed by atoms with Gasteiger partial charge in [-0.1, -0.05) is 6.92 Å². The fourth-order valence-corrected chi connectivity index (χ4v) is 3.11. The van der Waals surface area contributed by atoms with Gasteiger partial charge in [-0.3, -0.25) is 0 Å². The van der Waals surface area contributed by atoms with Crippen LogP contribution in [-0.2, 0) is 6.18 Å². The number of halogens is 3. The van der Waals surface area contributed by atoms with Crippen LogP contribution in [0.3, 0.4) is 0 Å². The van der Waals surface area contributed by atoms with E-state index < -0.39 is 17.3 Å². The normalized spacial score (nSPS) is 24.3. The molecule has 0 aromatic carbocycles. The first-order valence-corrected chi connectivity index (χ1v) is 8.28. The Morgan fingerprint density at radius 2 is 2.04 bits per heavy atom. The third-order valence-electron chi connectivity index (χ3n) is 4.79. The number of nitrogens with zero attached hydrogens (tertiary/aromatic N) is 2. The Balaban J connectivity index is 1.81. The molecule has 1 aliphatic carbocycles. The van der Waals surface area contributed by atoms with Crippen LogP contribution in [0.2, 0.25) is 0 Å². The second-order valence-corrected chi connectivity index (χ2v) is 6.46. The fraction of sp³-hybridized carbons (Fsp3) is 0.529. The molecule has 1 aliphatic rings. The number of furan rings is 1. The molecule has 1 saturated carbocycles. The summed E-state index contributed by atoms with van der Waals surface area (Å²) in [5.74, 6) is -0.0510. The van der Waals surface area contributed by atoms with Crippen molar-refractivity contribution in [1.29, 1.82) is 0 Å². The van der Waals surface area contributed by atoms with Crippen molar-refractivity contribution in [3.8, 4) is 11.5 Å². The number of nitrogens with one attached hydrogen (secondary N) is 1. The number of aromatic nitrogens is 2. The zero-order valence-electron chi connectivity index (χ0n) is 13.8. The van der Waals surface area contributed by atoms with Crippen molar-refractivity contribution in [2.45, 2.75) is 56.8 Å². The summed E-state index contributed by atoms with van der Waals surface area (Å²) in [5.41, 5.74) is -1.54. The third kappa shape index (κ3) is 3.95. The van der Waals surface area contributed by atoms with Gasteiger partial charge in [-0.2, -0.15) is 13.2 Å². The van der Waals surface area contributed by atoms with Gasteiger partial charge in [0.2, 0.25) is 0 Å². The molecular weight excluding hydrogens is 335 g/mol. The molecule has 136 valence electrons. The van der Waals surface area contributed by atoms with Gasteiger partial charge in [0.05, 0.1) is 11.9 Å². The Labute approximate surface area is 143 Å². The Hall–Kier alpha value is -2.09. The van der Waals surface area contributed by atoms with Crippen LogP contribution in [0.4, 0.5) is 19.0 Å². The highest BCUT2D eigenvalue weighted by Crippen LogP contribution is 2.37. The third-order valence-corrected chi connectivity index (χ3v) is 4.79. The van der Waals surface area contributed by atoms with Gasteiger partial charge in [0.15, 0.2) is 11.6 Å². The zero-order chi connectivity index (χ0) is 18.1. The second-order valence-electron chi connectivity index (χ2n) is 6.46. The highest BCUT2D eigenvalue weighted by atomic mass is 19.4. The number of aliphatic hydroxyl groups is 1. The van der Waals surface area contributed by atoms with Crippen LogP contribution in [0.5, 0.6) is 0 Å². The average Bonchev–Trinajstić information content (AvgIpc) is 3.11. The zero-order valence-corrected chi connectivity index (χ0v) is 13.8. The van der Waals surface area contributed by atoms with Crippen molar-refractivity contribution in [3.63, 3.8) is 0 Å². The molecular formula is C17H20F3N3O2. The average molecular weight is 355 g/mol. The smallest absolute Gasteiger partial charge is 0.420 e. The SMILES string of the molecule is CCC1(O)CCC(Nc2nnc(-c3ccco3)cc2C(F)(F)F)CC1. The predicted molar refractivity (Wildman–Crippen MR) is 85.9 cm³/mol. The van der Waals surface area contributed by atoms with Crippen molar-refractivity contribution in [2.75, 3.05) is 5.32 Å². The van der Waals surface area contributed by atoms with E-state index in [2.05, 4.69) is 15.5 Å². The lowest BCUT2D eigenvalue weighted by Crippen LogP contribution is -2.38. The Morgan fingerprint density at radius 3 is 2.60 bits per heavy atom. The molecule has 0 spiro atoms. The Kier molecular flexibility index (Phi) is 4.73. The van der Waals surface area contributed by atoms with E-state index in [9.17, 15) is 18.3 Å². The predicted octanol–water partition coefficient (Wildman–Crippen LogP) is 4.25. The van der Waals surface area contributed by atoms with E-state index in [0.29, 0.717) is 32.1 Å². The molecule has 8 heteroatoms. The standard InChI is InChI=1S/C17H20F3N3O2/c1-2-16(24)7-5-11(6-8-16)21-15-12(17(18,19)20)10-13(22-23-15)14-4-3-9-25-14/h3-4,9-11,24H,2,5-8H2,1H3,(H,21,23). The Bertz CT molecular complexity index is 708. The summed E-state index contributed by atoms with van der Waals surface area (Å²) in [6.07, 6.45) is -0.260.